The second kappa shape index (κ2) is 6.04. The number of nitrogens with zero attached hydrogens (tertiary/aromatic N) is 1. The van der Waals surface area contributed by atoms with Gasteiger partial charge in [0.15, 0.2) is 0 Å². The Morgan fingerprint density at radius 3 is 2.46 bits per heavy atom. The standard InChI is InChI=1S/C22H21NS/c1-22(15-7-3-4-8-16-22)23(2)17-11-13-19-18-9-5-6-10-20(18)24-21(19)14-12-17/h3-17H,1-2H3. The summed E-state index contributed by atoms with van der Waals surface area (Å²) in [4.78, 5) is 3.75. The third kappa shape index (κ3) is 2.62. The van der Waals surface area contributed by atoms with E-state index in [0.29, 0.717) is 0 Å². The van der Waals surface area contributed by atoms with Crippen molar-refractivity contribution in [2.45, 2.75) is 18.5 Å². The van der Waals surface area contributed by atoms with Crippen molar-refractivity contribution >= 4 is 33.6 Å². The van der Waals surface area contributed by atoms with Gasteiger partial charge in [0.05, 0.1) is 5.54 Å². The molecule has 0 radical (unpaired) electrons. The fourth-order valence-corrected chi connectivity index (χ4v) is 4.43. The van der Waals surface area contributed by atoms with Crippen LogP contribution >= 0.6 is 11.3 Å². The van der Waals surface area contributed by atoms with Crippen molar-refractivity contribution in [3.05, 3.63) is 83.3 Å². The predicted octanol–water partition coefficient (Wildman–Crippen LogP) is 5.68. The molecule has 120 valence electrons. The molecule has 4 rings (SSSR count). The monoisotopic (exact) mass is 331 g/mol. The van der Waals surface area contributed by atoms with Crippen LogP contribution in [-0.4, -0.2) is 23.5 Å². The minimum Gasteiger partial charge on any atom is -0.284 e. The van der Waals surface area contributed by atoms with Crippen LogP contribution < -0.4 is 0 Å². The van der Waals surface area contributed by atoms with E-state index in [1.807, 2.05) is 11.3 Å². The normalized spacial score (nSPS) is 21.2. The SMILES string of the molecule is CN(C1C=Cc2sc3ccccc3c2C=C1)C1(C)C=CC=CC=C1. The molecular formula is C22H21NS. The van der Waals surface area contributed by atoms with Crippen LogP contribution in [0.25, 0.3) is 22.2 Å². The lowest BCUT2D eigenvalue weighted by Crippen LogP contribution is -2.45. The average molecular weight is 331 g/mol. The highest BCUT2D eigenvalue weighted by molar-refractivity contribution is 7.20. The summed E-state index contributed by atoms with van der Waals surface area (Å²) in [5, 5.41) is 1.35. The topological polar surface area (TPSA) is 3.24 Å². The van der Waals surface area contributed by atoms with Crippen LogP contribution in [0.5, 0.6) is 0 Å². The van der Waals surface area contributed by atoms with E-state index in [2.05, 4.69) is 104 Å². The van der Waals surface area contributed by atoms with Crippen molar-refractivity contribution in [2.24, 2.45) is 0 Å². The fraction of sp³-hybridized carbons (Fsp3) is 0.182. The number of fused-ring (bicyclic) bond motifs is 3. The Morgan fingerprint density at radius 2 is 1.67 bits per heavy atom. The molecular weight excluding hydrogens is 310 g/mol. The molecule has 1 atom stereocenters. The summed E-state index contributed by atoms with van der Waals surface area (Å²) in [5.41, 5.74) is 1.25. The molecule has 0 fully saturated rings. The number of hydrogen-bond acceptors (Lipinski definition) is 2. The second-order valence-electron chi connectivity index (χ2n) is 6.52. The molecule has 1 aromatic carbocycles. The number of benzene rings is 1. The van der Waals surface area contributed by atoms with Gasteiger partial charge in [0.2, 0.25) is 0 Å². The molecule has 1 aromatic heterocycles. The van der Waals surface area contributed by atoms with Crippen molar-refractivity contribution in [3.8, 4) is 0 Å². The van der Waals surface area contributed by atoms with Crippen molar-refractivity contribution in [1.82, 2.24) is 4.90 Å². The Bertz CT molecular complexity index is 891. The first kappa shape index (κ1) is 15.4. The summed E-state index contributed by atoms with van der Waals surface area (Å²) in [6, 6.07) is 8.92. The van der Waals surface area contributed by atoms with Gasteiger partial charge < -0.3 is 0 Å². The van der Waals surface area contributed by atoms with Crippen LogP contribution in [0, 0.1) is 0 Å². The minimum absolute atomic E-state index is 0.0946. The Balaban J connectivity index is 1.68. The summed E-state index contributed by atoms with van der Waals surface area (Å²) in [6.07, 6.45) is 22.1. The lowest BCUT2D eigenvalue weighted by atomic mass is 9.97. The lowest BCUT2D eigenvalue weighted by molar-refractivity contribution is 0.219. The molecule has 2 aromatic rings. The van der Waals surface area contributed by atoms with Gasteiger partial charge in [-0.15, -0.1) is 11.3 Å². The van der Waals surface area contributed by atoms with Crippen LogP contribution in [-0.2, 0) is 0 Å². The number of hydrogen-bond donors (Lipinski definition) is 0. The number of thiophene rings is 1. The van der Waals surface area contributed by atoms with Gasteiger partial charge in [-0.1, -0.05) is 72.9 Å². The second-order valence-corrected chi connectivity index (χ2v) is 7.61. The summed E-state index contributed by atoms with van der Waals surface area (Å²) >= 11 is 1.87. The highest BCUT2D eigenvalue weighted by Gasteiger charge is 2.28. The van der Waals surface area contributed by atoms with Crippen LogP contribution in [0.4, 0.5) is 0 Å². The number of rotatable bonds is 2. The predicted molar refractivity (Wildman–Crippen MR) is 107 cm³/mol. The third-order valence-electron chi connectivity index (χ3n) is 4.98. The van der Waals surface area contributed by atoms with Crippen LogP contribution in [0.15, 0.2) is 72.9 Å². The molecule has 0 N–H and O–H groups in total. The van der Waals surface area contributed by atoms with Gasteiger partial charge in [-0.25, -0.2) is 0 Å². The maximum atomic E-state index is 2.40. The van der Waals surface area contributed by atoms with Gasteiger partial charge in [0, 0.05) is 26.6 Å². The maximum absolute atomic E-state index is 2.40. The van der Waals surface area contributed by atoms with Gasteiger partial charge in [-0.05, 0) is 26.1 Å². The molecule has 2 aliphatic rings. The van der Waals surface area contributed by atoms with Crippen LogP contribution in [0.2, 0.25) is 0 Å². The molecule has 0 aliphatic heterocycles. The molecule has 0 spiro atoms. The third-order valence-corrected chi connectivity index (χ3v) is 6.13. The van der Waals surface area contributed by atoms with Crippen LogP contribution in [0.3, 0.4) is 0 Å². The smallest absolute Gasteiger partial charge is 0.0558 e. The van der Waals surface area contributed by atoms with Crippen molar-refractivity contribution < 1.29 is 0 Å². The Morgan fingerprint density at radius 1 is 0.958 bits per heavy atom. The van der Waals surface area contributed by atoms with E-state index in [-0.39, 0.29) is 11.6 Å². The van der Waals surface area contributed by atoms with E-state index in [1.54, 1.807) is 0 Å². The largest absolute Gasteiger partial charge is 0.284 e. The molecule has 2 heteroatoms. The Hall–Kier alpha value is -2.16. The highest BCUT2D eigenvalue weighted by atomic mass is 32.1. The summed E-state index contributed by atoms with van der Waals surface area (Å²) < 4.78 is 1.36. The zero-order valence-electron chi connectivity index (χ0n) is 14.0. The molecule has 0 saturated carbocycles. The molecule has 0 bridgehead atoms. The summed E-state index contributed by atoms with van der Waals surface area (Å²) in [7, 11) is 2.19. The summed E-state index contributed by atoms with van der Waals surface area (Å²) in [5.74, 6) is 0. The lowest BCUT2D eigenvalue weighted by Gasteiger charge is -2.37. The maximum Gasteiger partial charge on any atom is 0.0558 e. The molecule has 1 heterocycles. The van der Waals surface area contributed by atoms with E-state index in [9.17, 15) is 0 Å². The molecule has 1 nitrogen and oxygen atoms in total. The quantitative estimate of drug-likeness (QED) is 0.684. The molecule has 0 amide bonds. The van der Waals surface area contributed by atoms with E-state index in [1.165, 1.54) is 20.5 Å². The first-order valence-electron chi connectivity index (χ1n) is 8.32. The van der Waals surface area contributed by atoms with Crippen molar-refractivity contribution in [3.63, 3.8) is 0 Å². The molecule has 2 aliphatic carbocycles. The van der Waals surface area contributed by atoms with Gasteiger partial charge in [-0.3, -0.25) is 4.90 Å². The van der Waals surface area contributed by atoms with Gasteiger partial charge in [-0.2, -0.15) is 0 Å². The zero-order chi connectivity index (χ0) is 16.6. The van der Waals surface area contributed by atoms with Crippen molar-refractivity contribution in [1.29, 1.82) is 0 Å². The minimum atomic E-state index is -0.0946. The number of likely N-dealkylation sites (N-methyl/N-ethyl adjacent to an activating group) is 1. The van der Waals surface area contributed by atoms with Gasteiger partial charge >= 0.3 is 0 Å². The van der Waals surface area contributed by atoms with Crippen molar-refractivity contribution in [2.75, 3.05) is 7.05 Å². The Labute approximate surface area is 147 Å². The number of allylic oxidation sites excluding steroid dienone is 4. The fourth-order valence-electron chi connectivity index (χ4n) is 3.32. The summed E-state index contributed by atoms with van der Waals surface area (Å²) in [6.45, 7) is 2.25. The van der Waals surface area contributed by atoms with E-state index in [4.69, 9.17) is 0 Å². The van der Waals surface area contributed by atoms with Gasteiger partial charge in [0.25, 0.3) is 0 Å². The van der Waals surface area contributed by atoms with Crippen LogP contribution in [0.1, 0.15) is 17.4 Å². The molecule has 24 heavy (non-hydrogen) atoms. The molecule has 0 saturated heterocycles. The van der Waals surface area contributed by atoms with E-state index in [0.717, 1.165) is 0 Å². The molecule has 1 unspecified atom stereocenters. The average Bonchev–Trinajstić information content (AvgIpc) is 2.74. The van der Waals surface area contributed by atoms with E-state index >= 15 is 0 Å². The first-order chi connectivity index (χ1) is 11.7. The zero-order valence-corrected chi connectivity index (χ0v) is 14.8. The highest BCUT2D eigenvalue weighted by Crippen LogP contribution is 2.35. The Kier molecular flexibility index (Phi) is 3.87. The van der Waals surface area contributed by atoms with Gasteiger partial charge in [0.1, 0.15) is 0 Å². The van der Waals surface area contributed by atoms with E-state index < -0.39 is 0 Å². The first-order valence-corrected chi connectivity index (χ1v) is 9.14.